The molecular weight excluding hydrogens is 878 g/mol. The number of nitrogen functional groups attached to an aromatic ring is 2. The van der Waals surface area contributed by atoms with Crippen molar-refractivity contribution in [3.63, 3.8) is 0 Å². The second-order valence-electron chi connectivity index (χ2n) is 16.6. The summed E-state index contributed by atoms with van der Waals surface area (Å²) < 4.78 is 92.1. The van der Waals surface area contributed by atoms with E-state index < -0.39 is 23.5 Å². The molecular formula is C50H55F7N8S. The van der Waals surface area contributed by atoms with Gasteiger partial charge in [-0.2, -0.15) is 26.3 Å². The van der Waals surface area contributed by atoms with E-state index in [2.05, 4.69) is 25.8 Å². The Balaban J connectivity index is 0.000000197. The van der Waals surface area contributed by atoms with Crippen LogP contribution in [0.3, 0.4) is 0 Å². The van der Waals surface area contributed by atoms with Crippen LogP contribution < -0.4 is 21.3 Å². The smallest absolute Gasteiger partial charge is 0.397 e. The number of unbranched alkanes of at least 4 members (excludes halogenated alkanes) is 2. The molecule has 3 aromatic heterocycles. The number of anilines is 4. The molecule has 8 rings (SSSR count). The minimum absolute atomic E-state index is 0.310. The summed E-state index contributed by atoms with van der Waals surface area (Å²) in [5.41, 5.74) is 17.9. The summed E-state index contributed by atoms with van der Waals surface area (Å²) in [6.07, 6.45) is 0.291. The molecule has 0 amide bonds. The standard InChI is InChI=1S/C26H28F4N4.C24H27F3N4S/c27-23-9-2-1-8-21(23)22-11-12-32-24(25(22)31)10-3-4-13-33-14-16-34(17-15-33)20-7-5-6-19(18-20)26(28,29)30;25-24(26,27)18-5-3-6-19(17-18)31-14-12-30(13-15-31)11-2-1-7-21-23(28)20(9-10-29-21)22-8-4-16-32-22/h1-2,5-9,11-12,18H,3-4,10,13-17,31H2;3-6,8-10,16-17H,1-2,7,11-15,28H2. The largest absolute Gasteiger partial charge is 0.416 e. The van der Waals surface area contributed by atoms with Crippen LogP contribution >= 0.6 is 11.3 Å². The average molecular weight is 933 g/mol. The first kappa shape index (κ1) is 48.2. The lowest BCUT2D eigenvalue weighted by Gasteiger charge is -2.36. The molecule has 0 bridgehead atoms. The fourth-order valence-electron chi connectivity index (χ4n) is 8.47. The number of benzene rings is 3. The number of rotatable bonds is 14. The van der Waals surface area contributed by atoms with E-state index in [-0.39, 0.29) is 5.82 Å². The van der Waals surface area contributed by atoms with Crippen molar-refractivity contribution in [2.45, 2.75) is 50.9 Å². The van der Waals surface area contributed by atoms with E-state index in [1.807, 2.05) is 33.5 Å². The fraction of sp³-hybridized carbons (Fsp3) is 0.360. The maximum atomic E-state index is 14.2. The number of piperazine rings is 2. The van der Waals surface area contributed by atoms with Crippen molar-refractivity contribution in [1.82, 2.24) is 19.8 Å². The Kier molecular flexibility index (Phi) is 16.2. The first-order valence-electron chi connectivity index (χ1n) is 22.3. The van der Waals surface area contributed by atoms with Gasteiger partial charge in [-0.3, -0.25) is 19.8 Å². The molecule has 66 heavy (non-hydrogen) atoms. The summed E-state index contributed by atoms with van der Waals surface area (Å²) in [5, 5.41) is 2.04. The summed E-state index contributed by atoms with van der Waals surface area (Å²) in [7, 11) is 0. The van der Waals surface area contributed by atoms with E-state index in [4.69, 9.17) is 11.5 Å². The zero-order chi connectivity index (χ0) is 46.7. The van der Waals surface area contributed by atoms with Gasteiger partial charge in [0.05, 0.1) is 33.9 Å². The van der Waals surface area contributed by atoms with Crippen LogP contribution in [0.2, 0.25) is 0 Å². The van der Waals surface area contributed by atoms with Gasteiger partial charge < -0.3 is 21.3 Å². The van der Waals surface area contributed by atoms with Crippen LogP contribution in [0.25, 0.3) is 21.6 Å². The Morgan fingerprint density at radius 2 is 1.00 bits per heavy atom. The molecule has 0 saturated carbocycles. The predicted octanol–water partition coefficient (Wildman–Crippen LogP) is 11.2. The maximum Gasteiger partial charge on any atom is 0.416 e. The monoisotopic (exact) mass is 932 g/mol. The van der Waals surface area contributed by atoms with Crippen molar-refractivity contribution in [2.75, 3.05) is 86.7 Å². The fourth-order valence-corrected chi connectivity index (χ4v) is 9.23. The van der Waals surface area contributed by atoms with Gasteiger partial charge in [0.1, 0.15) is 5.82 Å². The minimum atomic E-state index is -4.33. The molecule has 8 nitrogen and oxygen atoms in total. The number of aromatic nitrogens is 2. The number of thiophene rings is 1. The molecule has 4 N–H and O–H groups in total. The zero-order valence-electron chi connectivity index (χ0n) is 36.7. The Morgan fingerprint density at radius 1 is 0.515 bits per heavy atom. The predicted molar refractivity (Wildman–Crippen MR) is 252 cm³/mol. The van der Waals surface area contributed by atoms with E-state index in [1.54, 1.807) is 53.9 Å². The third-order valence-electron chi connectivity index (χ3n) is 12.2. The molecule has 0 radical (unpaired) electrons. The summed E-state index contributed by atoms with van der Waals surface area (Å²) in [5.74, 6) is -0.310. The molecule has 0 unspecified atom stereocenters. The molecule has 2 aliphatic heterocycles. The minimum Gasteiger partial charge on any atom is -0.397 e. The van der Waals surface area contributed by atoms with Crippen molar-refractivity contribution >= 4 is 34.1 Å². The summed E-state index contributed by atoms with van der Waals surface area (Å²) in [6.45, 7) is 8.05. The third kappa shape index (κ3) is 12.8. The van der Waals surface area contributed by atoms with Crippen LogP contribution in [0.4, 0.5) is 53.5 Å². The number of nitrogens with two attached hydrogens (primary N) is 2. The molecule has 6 aromatic rings. The second-order valence-corrected chi connectivity index (χ2v) is 17.5. The Labute approximate surface area is 385 Å². The third-order valence-corrected chi connectivity index (χ3v) is 13.1. The molecule has 2 fully saturated rings. The highest BCUT2D eigenvalue weighted by Crippen LogP contribution is 2.35. The maximum absolute atomic E-state index is 14.2. The van der Waals surface area contributed by atoms with Gasteiger partial charge in [-0.1, -0.05) is 36.4 Å². The van der Waals surface area contributed by atoms with E-state index in [9.17, 15) is 30.7 Å². The number of pyridine rings is 2. The van der Waals surface area contributed by atoms with Gasteiger partial charge in [0, 0.05) is 97.7 Å². The Hall–Kier alpha value is -5.71. The lowest BCUT2D eigenvalue weighted by atomic mass is 10.0. The number of alkyl halides is 6. The van der Waals surface area contributed by atoms with Gasteiger partial charge in [0.15, 0.2) is 0 Å². The topological polar surface area (TPSA) is 90.8 Å². The highest BCUT2D eigenvalue weighted by atomic mass is 32.1. The van der Waals surface area contributed by atoms with Gasteiger partial charge in [0.2, 0.25) is 0 Å². The van der Waals surface area contributed by atoms with E-state index in [1.165, 1.54) is 30.3 Å². The molecule has 2 saturated heterocycles. The van der Waals surface area contributed by atoms with Crippen LogP contribution in [0, 0.1) is 5.82 Å². The number of halogens is 7. The number of hydrogen-bond acceptors (Lipinski definition) is 9. The molecule has 5 heterocycles. The van der Waals surface area contributed by atoms with E-state index >= 15 is 0 Å². The summed E-state index contributed by atoms with van der Waals surface area (Å²) in [6, 6.07) is 25.5. The number of aryl methyl sites for hydroxylation is 2. The molecule has 3 aromatic carbocycles. The Morgan fingerprint density at radius 3 is 1.47 bits per heavy atom. The van der Waals surface area contributed by atoms with Gasteiger partial charge in [-0.15, -0.1) is 11.3 Å². The zero-order valence-corrected chi connectivity index (χ0v) is 37.5. The van der Waals surface area contributed by atoms with Gasteiger partial charge in [-0.25, -0.2) is 4.39 Å². The van der Waals surface area contributed by atoms with Gasteiger partial charge >= 0.3 is 12.4 Å². The number of hydrogen-bond donors (Lipinski definition) is 2. The summed E-state index contributed by atoms with van der Waals surface area (Å²) in [4.78, 5) is 18.8. The van der Waals surface area contributed by atoms with E-state index in [0.717, 1.165) is 124 Å². The molecule has 16 heteroatoms. The molecule has 0 aliphatic carbocycles. The normalized spacial score (nSPS) is 15.1. The van der Waals surface area contributed by atoms with Crippen molar-refractivity contribution in [2.24, 2.45) is 0 Å². The van der Waals surface area contributed by atoms with E-state index in [0.29, 0.717) is 47.7 Å². The lowest BCUT2D eigenvalue weighted by Crippen LogP contribution is -2.46. The van der Waals surface area contributed by atoms with Crippen molar-refractivity contribution in [3.8, 4) is 21.6 Å². The van der Waals surface area contributed by atoms with Crippen LogP contribution in [-0.4, -0.2) is 85.2 Å². The van der Waals surface area contributed by atoms with Crippen molar-refractivity contribution < 1.29 is 30.7 Å². The molecule has 2 aliphatic rings. The van der Waals surface area contributed by atoms with Crippen molar-refractivity contribution in [3.05, 3.63) is 143 Å². The highest BCUT2D eigenvalue weighted by Gasteiger charge is 2.32. The quantitative estimate of drug-likeness (QED) is 0.0825. The lowest BCUT2D eigenvalue weighted by molar-refractivity contribution is -0.138. The van der Waals surface area contributed by atoms with Crippen LogP contribution in [0.15, 0.2) is 115 Å². The first-order chi connectivity index (χ1) is 31.7. The van der Waals surface area contributed by atoms with Crippen molar-refractivity contribution in [1.29, 1.82) is 0 Å². The number of nitrogens with zero attached hydrogens (tertiary/aromatic N) is 6. The Bertz CT molecular complexity index is 2460. The molecule has 0 atom stereocenters. The second kappa shape index (κ2) is 22.2. The molecule has 350 valence electrons. The SMILES string of the molecule is Nc1c(-c2ccccc2F)ccnc1CCCCN1CCN(c2cccc(C(F)(F)F)c2)CC1.Nc1c(-c2cccs2)ccnc1CCCCN1CCN(c2cccc(C(F)(F)F)c2)CC1. The summed E-state index contributed by atoms with van der Waals surface area (Å²) >= 11 is 1.67. The molecule has 0 spiro atoms. The van der Waals surface area contributed by atoms with Gasteiger partial charge in [-0.05, 0) is 118 Å². The highest BCUT2D eigenvalue weighted by molar-refractivity contribution is 7.13. The van der Waals surface area contributed by atoms with Crippen LogP contribution in [0.1, 0.15) is 48.2 Å². The first-order valence-corrected chi connectivity index (χ1v) is 23.2. The average Bonchev–Trinajstić information content (AvgIpc) is 3.86. The van der Waals surface area contributed by atoms with Crippen LogP contribution in [-0.2, 0) is 25.2 Å². The van der Waals surface area contributed by atoms with Gasteiger partial charge in [0.25, 0.3) is 0 Å². The van der Waals surface area contributed by atoms with Crippen LogP contribution in [0.5, 0.6) is 0 Å².